The molecule has 112 valence electrons. The molecule has 0 aliphatic heterocycles. The largest absolute Gasteiger partial charge is 0.313 e. The SMILES string of the molecule is CCCNC(Cc1ccc(F)c(F)c1)Cc1ccccn1. The van der Waals surface area contributed by atoms with E-state index in [0.29, 0.717) is 6.42 Å². The van der Waals surface area contributed by atoms with Gasteiger partial charge in [0, 0.05) is 24.4 Å². The average molecular weight is 290 g/mol. The van der Waals surface area contributed by atoms with E-state index in [1.807, 2.05) is 18.2 Å². The highest BCUT2D eigenvalue weighted by atomic mass is 19.2. The van der Waals surface area contributed by atoms with E-state index < -0.39 is 11.6 Å². The lowest BCUT2D eigenvalue weighted by Crippen LogP contribution is -2.34. The molecule has 2 aromatic rings. The van der Waals surface area contributed by atoms with Crippen molar-refractivity contribution in [2.45, 2.75) is 32.2 Å². The Morgan fingerprint density at radius 1 is 1.10 bits per heavy atom. The summed E-state index contributed by atoms with van der Waals surface area (Å²) < 4.78 is 26.3. The van der Waals surface area contributed by atoms with Gasteiger partial charge in [-0.1, -0.05) is 19.1 Å². The summed E-state index contributed by atoms with van der Waals surface area (Å²) in [6, 6.07) is 10.1. The summed E-state index contributed by atoms with van der Waals surface area (Å²) in [5, 5.41) is 3.44. The van der Waals surface area contributed by atoms with E-state index in [1.165, 1.54) is 12.1 Å². The number of benzene rings is 1. The van der Waals surface area contributed by atoms with Crippen molar-refractivity contribution >= 4 is 0 Å². The van der Waals surface area contributed by atoms with Crippen LogP contribution in [0.5, 0.6) is 0 Å². The number of nitrogens with one attached hydrogen (secondary N) is 1. The molecule has 1 N–H and O–H groups in total. The lowest BCUT2D eigenvalue weighted by atomic mass is 10.0. The number of pyridine rings is 1. The first-order valence-electron chi connectivity index (χ1n) is 7.26. The molecule has 21 heavy (non-hydrogen) atoms. The second-order valence-corrected chi connectivity index (χ2v) is 5.13. The third kappa shape index (κ3) is 4.90. The molecule has 1 heterocycles. The fraction of sp³-hybridized carbons (Fsp3) is 0.353. The Kier molecular flexibility index (Phi) is 5.81. The highest BCUT2D eigenvalue weighted by Gasteiger charge is 2.12. The maximum atomic E-state index is 13.3. The second kappa shape index (κ2) is 7.84. The molecule has 0 saturated heterocycles. The Balaban J connectivity index is 2.06. The summed E-state index contributed by atoms with van der Waals surface area (Å²) in [4.78, 5) is 4.33. The molecule has 4 heteroatoms. The summed E-state index contributed by atoms with van der Waals surface area (Å²) in [6.45, 7) is 2.99. The highest BCUT2D eigenvalue weighted by molar-refractivity contribution is 5.19. The first-order chi connectivity index (χ1) is 10.2. The van der Waals surface area contributed by atoms with Crippen LogP contribution in [0.3, 0.4) is 0 Å². The van der Waals surface area contributed by atoms with Crippen LogP contribution in [0.1, 0.15) is 24.6 Å². The Morgan fingerprint density at radius 2 is 1.95 bits per heavy atom. The maximum absolute atomic E-state index is 13.3. The van der Waals surface area contributed by atoms with Crippen LogP contribution in [0.4, 0.5) is 8.78 Å². The lowest BCUT2D eigenvalue weighted by Gasteiger charge is -2.18. The van der Waals surface area contributed by atoms with Crippen molar-refractivity contribution in [3.63, 3.8) is 0 Å². The normalized spacial score (nSPS) is 12.3. The van der Waals surface area contributed by atoms with Gasteiger partial charge in [0.1, 0.15) is 0 Å². The standard InChI is InChI=1S/C17H20F2N2/c1-2-8-20-15(12-14-5-3-4-9-21-14)10-13-6-7-16(18)17(19)11-13/h3-7,9,11,15,20H,2,8,10,12H2,1H3. The van der Waals surface area contributed by atoms with E-state index in [2.05, 4.69) is 17.2 Å². The molecule has 1 aromatic carbocycles. The fourth-order valence-electron chi connectivity index (χ4n) is 2.29. The van der Waals surface area contributed by atoms with E-state index in [9.17, 15) is 8.78 Å². The minimum atomic E-state index is -0.804. The van der Waals surface area contributed by atoms with E-state index in [0.717, 1.165) is 30.6 Å². The van der Waals surface area contributed by atoms with Gasteiger partial charge in [-0.25, -0.2) is 8.78 Å². The molecule has 0 fully saturated rings. The molecule has 1 unspecified atom stereocenters. The van der Waals surface area contributed by atoms with Gasteiger partial charge in [0.15, 0.2) is 11.6 Å². The summed E-state index contributed by atoms with van der Waals surface area (Å²) in [5.41, 5.74) is 1.78. The van der Waals surface area contributed by atoms with Crippen molar-refractivity contribution in [2.24, 2.45) is 0 Å². The van der Waals surface area contributed by atoms with Crippen LogP contribution in [0.25, 0.3) is 0 Å². The Labute approximate surface area is 124 Å². The molecule has 0 aliphatic rings. The molecule has 1 aromatic heterocycles. The van der Waals surface area contributed by atoms with Crippen LogP contribution in [0.15, 0.2) is 42.6 Å². The van der Waals surface area contributed by atoms with Gasteiger partial charge in [0.2, 0.25) is 0 Å². The third-order valence-corrected chi connectivity index (χ3v) is 3.33. The van der Waals surface area contributed by atoms with Crippen LogP contribution >= 0.6 is 0 Å². The lowest BCUT2D eigenvalue weighted by molar-refractivity contribution is 0.489. The highest BCUT2D eigenvalue weighted by Crippen LogP contribution is 2.12. The fourth-order valence-corrected chi connectivity index (χ4v) is 2.29. The quantitative estimate of drug-likeness (QED) is 0.844. The zero-order chi connectivity index (χ0) is 15.1. The van der Waals surface area contributed by atoms with Crippen molar-refractivity contribution in [3.8, 4) is 0 Å². The van der Waals surface area contributed by atoms with Gasteiger partial charge >= 0.3 is 0 Å². The Hall–Kier alpha value is -1.81. The molecular weight excluding hydrogens is 270 g/mol. The summed E-state index contributed by atoms with van der Waals surface area (Å²) in [5.74, 6) is -1.60. The van der Waals surface area contributed by atoms with Crippen molar-refractivity contribution in [1.29, 1.82) is 0 Å². The van der Waals surface area contributed by atoms with Crippen molar-refractivity contribution < 1.29 is 8.78 Å². The van der Waals surface area contributed by atoms with Gasteiger partial charge < -0.3 is 5.32 Å². The molecule has 0 bridgehead atoms. The molecule has 1 atom stereocenters. The Bertz CT molecular complexity index is 558. The predicted octanol–water partition coefficient (Wildman–Crippen LogP) is 3.51. The molecule has 0 spiro atoms. The number of nitrogens with zero attached hydrogens (tertiary/aromatic N) is 1. The van der Waals surface area contributed by atoms with E-state index >= 15 is 0 Å². The van der Waals surface area contributed by atoms with E-state index in [4.69, 9.17) is 0 Å². The minimum absolute atomic E-state index is 0.157. The molecule has 0 saturated carbocycles. The first kappa shape index (κ1) is 15.6. The second-order valence-electron chi connectivity index (χ2n) is 5.13. The average Bonchev–Trinajstić information content (AvgIpc) is 2.49. The van der Waals surface area contributed by atoms with Gasteiger partial charge in [0.05, 0.1) is 0 Å². The van der Waals surface area contributed by atoms with Crippen molar-refractivity contribution in [3.05, 3.63) is 65.5 Å². The summed E-state index contributed by atoms with van der Waals surface area (Å²) >= 11 is 0. The Morgan fingerprint density at radius 3 is 2.62 bits per heavy atom. The number of hydrogen-bond acceptors (Lipinski definition) is 2. The van der Waals surface area contributed by atoms with Crippen molar-refractivity contribution in [2.75, 3.05) is 6.54 Å². The predicted molar refractivity (Wildman–Crippen MR) is 80.1 cm³/mol. The zero-order valence-corrected chi connectivity index (χ0v) is 12.2. The summed E-state index contributed by atoms with van der Waals surface area (Å²) in [6.07, 6.45) is 4.20. The van der Waals surface area contributed by atoms with E-state index in [-0.39, 0.29) is 6.04 Å². The van der Waals surface area contributed by atoms with E-state index in [1.54, 1.807) is 12.3 Å². The van der Waals surface area contributed by atoms with Crippen LogP contribution < -0.4 is 5.32 Å². The van der Waals surface area contributed by atoms with Crippen LogP contribution in [-0.4, -0.2) is 17.6 Å². The van der Waals surface area contributed by atoms with Crippen molar-refractivity contribution in [1.82, 2.24) is 10.3 Å². The molecule has 0 amide bonds. The van der Waals surface area contributed by atoms with Gasteiger partial charge in [-0.3, -0.25) is 4.98 Å². The zero-order valence-electron chi connectivity index (χ0n) is 12.2. The topological polar surface area (TPSA) is 24.9 Å². The van der Waals surface area contributed by atoms with Crippen LogP contribution in [0.2, 0.25) is 0 Å². The maximum Gasteiger partial charge on any atom is 0.159 e. The van der Waals surface area contributed by atoms with Gasteiger partial charge in [0.25, 0.3) is 0 Å². The van der Waals surface area contributed by atoms with Crippen LogP contribution in [-0.2, 0) is 12.8 Å². The van der Waals surface area contributed by atoms with Gasteiger partial charge in [-0.05, 0) is 49.2 Å². The number of hydrogen-bond donors (Lipinski definition) is 1. The van der Waals surface area contributed by atoms with Gasteiger partial charge in [-0.2, -0.15) is 0 Å². The van der Waals surface area contributed by atoms with Gasteiger partial charge in [-0.15, -0.1) is 0 Å². The molecule has 0 aliphatic carbocycles. The summed E-state index contributed by atoms with van der Waals surface area (Å²) in [7, 11) is 0. The monoisotopic (exact) mass is 290 g/mol. The first-order valence-corrected chi connectivity index (χ1v) is 7.26. The number of halogens is 2. The molecule has 0 radical (unpaired) electrons. The third-order valence-electron chi connectivity index (χ3n) is 3.33. The van der Waals surface area contributed by atoms with Crippen LogP contribution in [0, 0.1) is 11.6 Å². The smallest absolute Gasteiger partial charge is 0.159 e. The molecule has 2 rings (SSSR count). The molecule has 2 nitrogen and oxygen atoms in total. The number of rotatable bonds is 7. The molecular formula is C17H20F2N2. The number of aromatic nitrogens is 1. The minimum Gasteiger partial charge on any atom is -0.313 e.